The number of anilines is 1. The molecule has 0 spiro atoms. The normalized spacial score (nSPS) is 25.0. The number of nitrogens with zero attached hydrogens (tertiary/aromatic N) is 3. The molecule has 4 atom stereocenters. The number of benzene rings is 1. The first-order valence-corrected chi connectivity index (χ1v) is 8.63. The van der Waals surface area contributed by atoms with E-state index < -0.39 is 42.9 Å². The predicted molar refractivity (Wildman–Crippen MR) is 95.4 cm³/mol. The second kappa shape index (κ2) is 6.95. The van der Waals surface area contributed by atoms with Crippen molar-refractivity contribution in [2.45, 2.75) is 30.7 Å². The van der Waals surface area contributed by atoms with Gasteiger partial charge in [0.15, 0.2) is 6.23 Å². The zero-order valence-corrected chi connectivity index (χ0v) is 14.8. The van der Waals surface area contributed by atoms with Crippen LogP contribution in [-0.2, 0) is 10.9 Å². The van der Waals surface area contributed by atoms with E-state index in [4.69, 9.17) is 10.5 Å². The summed E-state index contributed by atoms with van der Waals surface area (Å²) in [6.07, 6.45) is -6.52. The number of fused-ring (bicyclic) bond motifs is 1. The molecule has 154 valence electrons. The van der Waals surface area contributed by atoms with E-state index in [1.54, 1.807) is 0 Å². The van der Waals surface area contributed by atoms with Crippen LogP contribution in [0.3, 0.4) is 0 Å². The number of nitrogens with two attached hydrogens (primary N) is 1. The minimum atomic E-state index is -4.47. The molecule has 1 fully saturated rings. The van der Waals surface area contributed by atoms with E-state index in [-0.39, 0.29) is 11.5 Å². The molecular weight excluding hydrogens is 393 g/mol. The van der Waals surface area contributed by atoms with E-state index in [9.17, 15) is 28.5 Å². The Balaban J connectivity index is 1.84. The van der Waals surface area contributed by atoms with Crippen molar-refractivity contribution in [1.29, 1.82) is 0 Å². The molecule has 0 radical (unpaired) electrons. The third-order valence-corrected chi connectivity index (χ3v) is 4.95. The lowest BCUT2D eigenvalue weighted by atomic mass is 10.0. The molecule has 1 aliphatic heterocycles. The van der Waals surface area contributed by atoms with Gasteiger partial charge in [-0.05, 0) is 17.7 Å². The maximum atomic E-state index is 12.9. The van der Waals surface area contributed by atoms with Crippen LogP contribution >= 0.6 is 0 Å². The van der Waals surface area contributed by atoms with Crippen molar-refractivity contribution in [2.75, 3.05) is 12.3 Å². The van der Waals surface area contributed by atoms with Crippen molar-refractivity contribution in [3.05, 3.63) is 42.4 Å². The Morgan fingerprint density at radius 1 is 1.10 bits per heavy atom. The number of aromatic nitrogens is 3. The Hall–Kier alpha value is -2.73. The summed E-state index contributed by atoms with van der Waals surface area (Å²) in [6.45, 7) is -0.503. The highest BCUT2D eigenvalue weighted by atomic mass is 19.4. The molecule has 3 aromatic rings. The van der Waals surface area contributed by atoms with E-state index in [2.05, 4.69) is 9.97 Å². The van der Waals surface area contributed by atoms with E-state index >= 15 is 0 Å². The van der Waals surface area contributed by atoms with E-state index in [1.807, 2.05) is 0 Å². The fourth-order valence-electron chi connectivity index (χ4n) is 3.47. The van der Waals surface area contributed by atoms with Crippen LogP contribution in [-0.4, -0.2) is 54.8 Å². The first-order chi connectivity index (χ1) is 13.7. The van der Waals surface area contributed by atoms with Crippen molar-refractivity contribution in [1.82, 2.24) is 14.5 Å². The molecule has 8 nitrogen and oxygen atoms in total. The van der Waals surface area contributed by atoms with Crippen LogP contribution in [0.4, 0.5) is 19.0 Å². The maximum absolute atomic E-state index is 12.9. The number of halogens is 3. The van der Waals surface area contributed by atoms with Gasteiger partial charge in [-0.15, -0.1) is 0 Å². The van der Waals surface area contributed by atoms with Gasteiger partial charge in [0, 0.05) is 11.8 Å². The second-order valence-electron chi connectivity index (χ2n) is 6.71. The fraction of sp³-hybridized carbons (Fsp3) is 0.333. The van der Waals surface area contributed by atoms with Gasteiger partial charge >= 0.3 is 6.18 Å². The minimum Gasteiger partial charge on any atom is -0.394 e. The molecule has 0 saturated carbocycles. The lowest BCUT2D eigenvalue weighted by molar-refractivity contribution is -0.137. The summed E-state index contributed by atoms with van der Waals surface area (Å²) in [5, 5.41) is 30.0. The first-order valence-electron chi connectivity index (χ1n) is 8.63. The van der Waals surface area contributed by atoms with Crippen LogP contribution in [0.15, 0.2) is 36.8 Å². The number of alkyl halides is 3. The number of aliphatic hydroxyl groups excluding tert-OH is 3. The van der Waals surface area contributed by atoms with Crippen LogP contribution in [0, 0.1) is 0 Å². The molecule has 1 aliphatic rings. The highest BCUT2D eigenvalue weighted by Gasteiger charge is 2.44. The Bertz CT molecular complexity index is 1040. The smallest absolute Gasteiger partial charge is 0.394 e. The SMILES string of the molecule is Nc1ncnc2c1c(-c1ccc(C(F)(F)F)cc1)cn2[C@@H]1O[C@H](CO)[C@@H](O)[C@H]1O. The monoisotopic (exact) mass is 410 g/mol. The molecule has 3 heterocycles. The Kier molecular flexibility index (Phi) is 4.69. The summed E-state index contributed by atoms with van der Waals surface area (Å²) in [4.78, 5) is 8.09. The molecule has 29 heavy (non-hydrogen) atoms. The summed E-state index contributed by atoms with van der Waals surface area (Å²) in [5.41, 5.74) is 6.32. The highest BCUT2D eigenvalue weighted by molar-refractivity contribution is 6.00. The fourth-order valence-corrected chi connectivity index (χ4v) is 3.47. The molecule has 11 heteroatoms. The summed E-state index contributed by atoms with van der Waals surface area (Å²) in [6, 6.07) is 4.49. The molecule has 1 saturated heterocycles. The molecule has 4 rings (SSSR count). The van der Waals surface area contributed by atoms with Crippen LogP contribution < -0.4 is 5.73 Å². The maximum Gasteiger partial charge on any atom is 0.416 e. The largest absolute Gasteiger partial charge is 0.416 e. The second-order valence-corrected chi connectivity index (χ2v) is 6.71. The molecule has 0 amide bonds. The molecule has 0 bridgehead atoms. The van der Waals surface area contributed by atoms with Gasteiger partial charge in [-0.3, -0.25) is 0 Å². The third-order valence-electron chi connectivity index (χ3n) is 4.95. The van der Waals surface area contributed by atoms with E-state index in [0.29, 0.717) is 16.5 Å². The molecular formula is C18H17F3N4O4. The molecule has 0 unspecified atom stereocenters. The number of hydrogen-bond donors (Lipinski definition) is 4. The van der Waals surface area contributed by atoms with Crippen LogP contribution in [0.25, 0.3) is 22.2 Å². The van der Waals surface area contributed by atoms with Gasteiger partial charge in [0.1, 0.15) is 36.1 Å². The summed E-state index contributed by atoms with van der Waals surface area (Å²) in [7, 11) is 0. The zero-order chi connectivity index (χ0) is 20.9. The van der Waals surface area contributed by atoms with E-state index in [0.717, 1.165) is 12.1 Å². The Morgan fingerprint density at radius 2 is 1.79 bits per heavy atom. The topological polar surface area (TPSA) is 127 Å². The van der Waals surface area contributed by atoms with Crippen molar-refractivity contribution < 1.29 is 33.2 Å². The predicted octanol–water partition coefficient (Wildman–Crippen LogP) is 1.31. The Labute approximate surface area is 162 Å². The van der Waals surface area contributed by atoms with Crippen molar-refractivity contribution in [2.24, 2.45) is 0 Å². The number of nitrogen functional groups attached to an aromatic ring is 1. The standard InChI is InChI=1S/C18H17F3N4O4/c19-18(20,21)9-3-1-8(2-4-9)10-5-25(16-12(10)15(22)23-7-24-16)17-14(28)13(27)11(6-26)29-17/h1-5,7,11,13-14,17,26-28H,6H2,(H2,22,23,24)/t11-,13-,14-,17-/m1/s1. The van der Waals surface area contributed by atoms with Gasteiger partial charge in [-0.2, -0.15) is 13.2 Å². The number of rotatable bonds is 3. The average molecular weight is 410 g/mol. The van der Waals surface area contributed by atoms with Gasteiger partial charge in [-0.25, -0.2) is 9.97 Å². The molecule has 2 aromatic heterocycles. The average Bonchev–Trinajstić information content (AvgIpc) is 3.20. The van der Waals surface area contributed by atoms with Gasteiger partial charge in [0.05, 0.1) is 17.6 Å². The zero-order valence-electron chi connectivity index (χ0n) is 14.8. The molecule has 5 N–H and O–H groups in total. The van der Waals surface area contributed by atoms with Gasteiger partial charge in [-0.1, -0.05) is 12.1 Å². The van der Waals surface area contributed by atoms with Gasteiger partial charge in [0.2, 0.25) is 0 Å². The number of aliphatic hydroxyl groups is 3. The summed E-state index contributed by atoms with van der Waals surface area (Å²) >= 11 is 0. The van der Waals surface area contributed by atoms with Crippen molar-refractivity contribution in [3.63, 3.8) is 0 Å². The summed E-state index contributed by atoms with van der Waals surface area (Å²) < 4.78 is 45.6. The lowest BCUT2D eigenvalue weighted by Gasteiger charge is -2.17. The van der Waals surface area contributed by atoms with Crippen LogP contribution in [0.2, 0.25) is 0 Å². The van der Waals surface area contributed by atoms with Crippen molar-refractivity contribution >= 4 is 16.9 Å². The molecule has 0 aliphatic carbocycles. The van der Waals surface area contributed by atoms with Crippen LogP contribution in [0.5, 0.6) is 0 Å². The van der Waals surface area contributed by atoms with Gasteiger partial charge < -0.3 is 30.4 Å². The lowest BCUT2D eigenvalue weighted by Crippen LogP contribution is -2.33. The highest BCUT2D eigenvalue weighted by Crippen LogP contribution is 2.39. The first kappa shape index (κ1) is 19.6. The number of hydrogen-bond acceptors (Lipinski definition) is 7. The Morgan fingerprint density at radius 3 is 2.38 bits per heavy atom. The molecule has 1 aromatic carbocycles. The minimum absolute atomic E-state index is 0.0930. The van der Waals surface area contributed by atoms with E-state index in [1.165, 1.54) is 29.2 Å². The third kappa shape index (κ3) is 3.21. The summed E-state index contributed by atoms with van der Waals surface area (Å²) in [5.74, 6) is 0.0930. The quantitative estimate of drug-likeness (QED) is 0.513. The van der Waals surface area contributed by atoms with Crippen molar-refractivity contribution in [3.8, 4) is 11.1 Å². The number of ether oxygens (including phenoxy) is 1. The van der Waals surface area contributed by atoms with Crippen LogP contribution in [0.1, 0.15) is 11.8 Å². The van der Waals surface area contributed by atoms with Gasteiger partial charge in [0.25, 0.3) is 0 Å².